The molecule has 0 aliphatic carbocycles. The summed E-state index contributed by atoms with van der Waals surface area (Å²) in [5.41, 5.74) is -1.30. The van der Waals surface area contributed by atoms with Crippen LogP contribution in [0.3, 0.4) is 0 Å². The molecule has 0 unspecified atom stereocenters. The van der Waals surface area contributed by atoms with Gasteiger partial charge in [0.1, 0.15) is 0 Å². The summed E-state index contributed by atoms with van der Waals surface area (Å²) in [7, 11) is 0. The molecule has 2 N–H and O–H groups in total. The van der Waals surface area contributed by atoms with Gasteiger partial charge in [-0.2, -0.15) is 13.2 Å². The second kappa shape index (κ2) is 7.48. The van der Waals surface area contributed by atoms with E-state index in [1.807, 2.05) is 17.1 Å². The number of benzene rings is 1. The molecule has 1 aromatic rings. The third-order valence-corrected chi connectivity index (χ3v) is 3.43. The van der Waals surface area contributed by atoms with Crippen molar-refractivity contribution in [2.24, 2.45) is 0 Å². The van der Waals surface area contributed by atoms with Gasteiger partial charge in [0.25, 0.3) is 0 Å². The van der Waals surface area contributed by atoms with Crippen LogP contribution in [0.4, 0.5) is 24.5 Å². The molecule has 2 rings (SSSR count). The minimum atomic E-state index is -4.65. The van der Waals surface area contributed by atoms with Crippen molar-refractivity contribution in [3.05, 3.63) is 35.9 Å². The Bertz CT molecular complexity index is 656. The Hall–Kier alpha value is -2.35. The lowest BCUT2D eigenvalue weighted by Gasteiger charge is -2.22. The number of halogens is 3. The van der Waals surface area contributed by atoms with E-state index in [2.05, 4.69) is 10.6 Å². The molecule has 0 saturated carbocycles. The van der Waals surface area contributed by atoms with Crippen LogP contribution in [-0.2, 0) is 15.8 Å². The molecule has 0 fully saturated rings. The zero-order valence-corrected chi connectivity index (χ0v) is 13.1. The Morgan fingerprint density at radius 2 is 1.96 bits per heavy atom. The maximum Gasteiger partial charge on any atom is 0.418 e. The average molecular weight is 341 g/mol. The Kier molecular flexibility index (Phi) is 5.61. The lowest BCUT2D eigenvalue weighted by Crippen LogP contribution is -2.35. The van der Waals surface area contributed by atoms with Gasteiger partial charge in [0.2, 0.25) is 11.8 Å². The first-order valence-electron chi connectivity index (χ1n) is 7.42. The minimum Gasteiger partial charge on any atom is -0.326 e. The molecule has 5 nitrogen and oxygen atoms in total. The van der Waals surface area contributed by atoms with E-state index < -0.39 is 23.6 Å². The molecule has 0 bridgehead atoms. The summed E-state index contributed by atoms with van der Waals surface area (Å²) in [5, 5.41) is 4.60. The van der Waals surface area contributed by atoms with E-state index in [-0.39, 0.29) is 17.9 Å². The normalized spacial score (nSPS) is 15.2. The van der Waals surface area contributed by atoms with Gasteiger partial charge in [0.15, 0.2) is 0 Å². The van der Waals surface area contributed by atoms with Gasteiger partial charge in [-0.25, -0.2) is 0 Å². The number of anilines is 2. The molecule has 8 heteroatoms. The second-order valence-electron chi connectivity index (χ2n) is 5.48. The molecule has 1 aliphatic heterocycles. The molecule has 0 aromatic heterocycles. The van der Waals surface area contributed by atoms with E-state index in [4.69, 9.17) is 0 Å². The molecule has 2 amide bonds. The Labute approximate surface area is 137 Å². The summed E-state index contributed by atoms with van der Waals surface area (Å²) in [6.07, 6.45) is 0.0779. The topological polar surface area (TPSA) is 61.4 Å². The predicted molar refractivity (Wildman–Crippen MR) is 84.6 cm³/mol. The highest BCUT2D eigenvalue weighted by molar-refractivity contribution is 5.94. The van der Waals surface area contributed by atoms with Crippen molar-refractivity contribution in [3.63, 3.8) is 0 Å². The van der Waals surface area contributed by atoms with Crippen LogP contribution < -0.4 is 10.6 Å². The number of alkyl halides is 3. The Morgan fingerprint density at radius 3 is 2.54 bits per heavy atom. The van der Waals surface area contributed by atoms with Crippen LogP contribution in [0.15, 0.2) is 30.4 Å². The molecular formula is C16H18F3N3O2. The number of rotatable bonds is 4. The SMILES string of the molecule is CC(=O)Nc1ccc(NC(=O)CN2CC=CCC2)c(C(F)(F)F)c1. The van der Waals surface area contributed by atoms with Gasteiger partial charge in [-0.3, -0.25) is 14.5 Å². The molecular weight excluding hydrogens is 323 g/mol. The van der Waals surface area contributed by atoms with Crippen LogP contribution in [0.1, 0.15) is 18.9 Å². The Balaban J connectivity index is 2.14. The highest BCUT2D eigenvalue weighted by Crippen LogP contribution is 2.36. The van der Waals surface area contributed by atoms with Crippen molar-refractivity contribution in [2.45, 2.75) is 19.5 Å². The van der Waals surface area contributed by atoms with E-state index in [1.54, 1.807) is 0 Å². The fourth-order valence-corrected chi connectivity index (χ4v) is 2.40. The standard InChI is InChI=1S/C16H18F3N3O2/c1-11(23)20-12-5-6-14(13(9-12)16(17,18)19)21-15(24)10-22-7-3-2-4-8-22/h2-3,5-6,9H,4,7-8,10H2,1H3,(H,20,23)(H,21,24). The van der Waals surface area contributed by atoms with Crippen molar-refractivity contribution >= 4 is 23.2 Å². The predicted octanol–water partition coefficient (Wildman–Crippen LogP) is 2.86. The lowest BCUT2D eigenvalue weighted by molar-refractivity contribution is -0.137. The molecule has 24 heavy (non-hydrogen) atoms. The van der Waals surface area contributed by atoms with Gasteiger partial charge in [-0.15, -0.1) is 0 Å². The third-order valence-electron chi connectivity index (χ3n) is 3.43. The number of carbonyl (C=O) groups is 2. The quantitative estimate of drug-likeness (QED) is 0.828. The molecule has 0 atom stereocenters. The lowest BCUT2D eigenvalue weighted by atomic mass is 10.1. The summed E-state index contributed by atoms with van der Waals surface area (Å²) >= 11 is 0. The summed E-state index contributed by atoms with van der Waals surface area (Å²) in [4.78, 5) is 24.8. The third kappa shape index (κ3) is 5.09. The van der Waals surface area contributed by atoms with E-state index in [1.165, 1.54) is 13.0 Å². The van der Waals surface area contributed by atoms with Gasteiger partial charge >= 0.3 is 6.18 Å². The monoisotopic (exact) mass is 341 g/mol. The van der Waals surface area contributed by atoms with Crippen LogP contribution in [0, 0.1) is 0 Å². The molecule has 0 spiro atoms. The number of hydrogen-bond acceptors (Lipinski definition) is 3. The first kappa shape index (κ1) is 18.0. The van der Waals surface area contributed by atoms with Crippen molar-refractivity contribution in [2.75, 3.05) is 30.3 Å². The van der Waals surface area contributed by atoms with Gasteiger partial charge in [-0.05, 0) is 24.6 Å². The summed E-state index contributed by atoms with van der Waals surface area (Å²) < 4.78 is 39.6. The summed E-state index contributed by atoms with van der Waals surface area (Å²) in [6, 6.07) is 3.26. The molecule has 0 saturated heterocycles. The summed E-state index contributed by atoms with van der Waals surface area (Å²) in [6.45, 7) is 2.52. The largest absolute Gasteiger partial charge is 0.418 e. The zero-order chi connectivity index (χ0) is 17.7. The number of carbonyl (C=O) groups excluding carboxylic acids is 2. The minimum absolute atomic E-state index is 0.0222. The first-order chi connectivity index (χ1) is 11.3. The van der Waals surface area contributed by atoms with Crippen LogP contribution in [0.25, 0.3) is 0 Å². The highest BCUT2D eigenvalue weighted by atomic mass is 19.4. The molecule has 1 aliphatic rings. The van der Waals surface area contributed by atoms with E-state index in [0.29, 0.717) is 13.1 Å². The van der Waals surface area contributed by atoms with Crippen molar-refractivity contribution in [1.29, 1.82) is 0 Å². The van der Waals surface area contributed by atoms with Gasteiger partial charge in [-0.1, -0.05) is 12.2 Å². The van der Waals surface area contributed by atoms with Crippen molar-refractivity contribution in [1.82, 2.24) is 4.90 Å². The number of amides is 2. The maximum absolute atomic E-state index is 13.2. The number of nitrogens with zero attached hydrogens (tertiary/aromatic N) is 1. The van der Waals surface area contributed by atoms with E-state index in [9.17, 15) is 22.8 Å². The second-order valence-corrected chi connectivity index (χ2v) is 5.48. The average Bonchev–Trinajstić information content (AvgIpc) is 2.48. The number of nitrogens with one attached hydrogen (secondary N) is 2. The zero-order valence-electron chi connectivity index (χ0n) is 13.1. The van der Waals surface area contributed by atoms with Gasteiger partial charge < -0.3 is 10.6 Å². The molecule has 1 heterocycles. The fourth-order valence-electron chi connectivity index (χ4n) is 2.40. The number of hydrogen-bond donors (Lipinski definition) is 2. The molecule has 130 valence electrons. The maximum atomic E-state index is 13.2. The molecule has 0 radical (unpaired) electrons. The Morgan fingerprint density at radius 1 is 1.21 bits per heavy atom. The van der Waals surface area contributed by atoms with Crippen molar-refractivity contribution < 1.29 is 22.8 Å². The van der Waals surface area contributed by atoms with E-state index in [0.717, 1.165) is 18.6 Å². The van der Waals surface area contributed by atoms with Crippen LogP contribution in [0.5, 0.6) is 0 Å². The van der Waals surface area contributed by atoms with Crippen LogP contribution >= 0.6 is 0 Å². The fraction of sp³-hybridized carbons (Fsp3) is 0.375. The summed E-state index contributed by atoms with van der Waals surface area (Å²) in [5.74, 6) is -0.985. The van der Waals surface area contributed by atoms with E-state index >= 15 is 0 Å². The van der Waals surface area contributed by atoms with Crippen LogP contribution in [0.2, 0.25) is 0 Å². The van der Waals surface area contributed by atoms with Gasteiger partial charge in [0.05, 0.1) is 17.8 Å². The highest BCUT2D eigenvalue weighted by Gasteiger charge is 2.34. The van der Waals surface area contributed by atoms with Crippen LogP contribution in [-0.4, -0.2) is 36.3 Å². The van der Waals surface area contributed by atoms with Gasteiger partial charge in [0, 0.05) is 25.7 Å². The first-order valence-corrected chi connectivity index (χ1v) is 7.42. The molecule has 1 aromatic carbocycles. The smallest absolute Gasteiger partial charge is 0.326 e. The van der Waals surface area contributed by atoms with Crippen molar-refractivity contribution in [3.8, 4) is 0 Å².